The molecule has 0 saturated carbocycles. The number of rotatable bonds is 4. The van der Waals surface area contributed by atoms with Gasteiger partial charge in [-0.25, -0.2) is 4.98 Å². The number of carbonyl (C=O) groups excluding carboxylic acids is 1. The normalized spacial score (nSPS) is 22.1. The highest BCUT2D eigenvalue weighted by Crippen LogP contribution is 2.42. The molecule has 1 fully saturated rings. The van der Waals surface area contributed by atoms with E-state index in [0.717, 1.165) is 36.1 Å². The van der Waals surface area contributed by atoms with Crippen molar-refractivity contribution < 1.29 is 4.79 Å². The molecule has 5 nitrogen and oxygen atoms in total. The molecule has 0 N–H and O–H groups in total. The van der Waals surface area contributed by atoms with Crippen LogP contribution in [0.3, 0.4) is 0 Å². The number of hydrogen-bond donors (Lipinski definition) is 0. The van der Waals surface area contributed by atoms with E-state index in [0.29, 0.717) is 5.02 Å². The Morgan fingerprint density at radius 3 is 2.62 bits per heavy atom. The number of benzene rings is 1. The molecule has 2 aliphatic rings. The molecule has 1 saturated heterocycles. The molecule has 0 radical (unpaired) electrons. The molecular formula is C17H19ClN4OS. The lowest BCUT2D eigenvalue weighted by molar-refractivity contribution is 0.0847. The predicted octanol–water partition coefficient (Wildman–Crippen LogP) is 3.45. The molecule has 0 bridgehead atoms. The number of carbonyl (C=O) groups is 1. The Labute approximate surface area is 150 Å². The molecule has 24 heavy (non-hydrogen) atoms. The lowest BCUT2D eigenvalue weighted by Crippen LogP contribution is -2.37. The van der Waals surface area contributed by atoms with Crippen molar-refractivity contribution in [2.45, 2.75) is 42.6 Å². The fourth-order valence-corrected chi connectivity index (χ4v) is 4.85. The van der Waals surface area contributed by atoms with Crippen molar-refractivity contribution in [1.82, 2.24) is 19.7 Å². The van der Waals surface area contributed by atoms with Gasteiger partial charge < -0.3 is 0 Å². The zero-order valence-electron chi connectivity index (χ0n) is 13.5. The van der Waals surface area contributed by atoms with Gasteiger partial charge in [-0.2, -0.15) is 4.68 Å². The van der Waals surface area contributed by atoms with E-state index in [1.807, 2.05) is 31.2 Å². The lowest BCUT2D eigenvalue weighted by atomic mass is 10.0. The average Bonchev–Trinajstić information content (AvgIpc) is 3.29. The molecule has 126 valence electrons. The van der Waals surface area contributed by atoms with Crippen molar-refractivity contribution in [3.8, 4) is 0 Å². The predicted molar refractivity (Wildman–Crippen MR) is 94.7 cm³/mol. The summed E-state index contributed by atoms with van der Waals surface area (Å²) >= 11 is 7.58. The Morgan fingerprint density at radius 2 is 2.00 bits per heavy atom. The van der Waals surface area contributed by atoms with Crippen molar-refractivity contribution in [2.24, 2.45) is 0 Å². The van der Waals surface area contributed by atoms with Crippen LogP contribution in [0.5, 0.6) is 0 Å². The second kappa shape index (κ2) is 6.50. The first-order valence-electron chi connectivity index (χ1n) is 8.33. The van der Waals surface area contributed by atoms with Gasteiger partial charge in [-0.15, -0.1) is 5.10 Å². The van der Waals surface area contributed by atoms with Gasteiger partial charge in [0, 0.05) is 11.4 Å². The van der Waals surface area contributed by atoms with Gasteiger partial charge in [0.2, 0.25) is 0 Å². The number of hydrogen-bond acceptors (Lipinski definition) is 5. The van der Waals surface area contributed by atoms with Crippen LogP contribution >= 0.6 is 23.4 Å². The molecule has 2 atom stereocenters. The first-order chi connectivity index (χ1) is 11.7. The van der Waals surface area contributed by atoms with Gasteiger partial charge in [0.25, 0.3) is 5.91 Å². The van der Waals surface area contributed by atoms with E-state index in [1.54, 1.807) is 0 Å². The third-order valence-corrected chi connectivity index (χ3v) is 6.09. The molecule has 1 aromatic heterocycles. The van der Waals surface area contributed by atoms with Gasteiger partial charge in [0.15, 0.2) is 11.0 Å². The maximum Gasteiger partial charge on any atom is 0.264 e. The maximum atomic E-state index is 13.0. The highest BCUT2D eigenvalue weighted by Gasteiger charge is 2.43. The van der Waals surface area contributed by atoms with Gasteiger partial charge in [0.1, 0.15) is 5.25 Å². The van der Waals surface area contributed by atoms with Crippen molar-refractivity contribution in [3.05, 3.63) is 40.7 Å². The van der Waals surface area contributed by atoms with Crippen LogP contribution in [0.2, 0.25) is 5.02 Å². The van der Waals surface area contributed by atoms with Gasteiger partial charge in [-0.3, -0.25) is 9.69 Å². The Bertz CT molecular complexity index is 754. The zero-order valence-corrected chi connectivity index (χ0v) is 15.1. The molecule has 2 aromatic rings. The Kier molecular flexibility index (Phi) is 4.37. The molecule has 7 heteroatoms. The topological polar surface area (TPSA) is 51.0 Å². The summed E-state index contributed by atoms with van der Waals surface area (Å²) in [6.07, 6.45) is 3.10. The minimum Gasteiger partial charge on any atom is -0.295 e. The minimum atomic E-state index is -0.204. The first kappa shape index (κ1) is 16.1. The van der Waals surface area contributed by atoms with E-state index in [9.17, 15) is 4.79 Å². The Morgan fingerprint density at radius 1 is 1.29 bits per heavy atom. The highest BCUT2D eigenvalue weighted by molar-refractivity contribution is 8.00. The molecule has 0 amide bonds. The second-order valence-corrected chi connectivity index (χ2v) is 7.74. The van der Waals surface area contributed by atoms with E-state index in [-0.39, 0.29) is 17.2 Å². The largest absolute Gasteiger partial charge is 0.295 e. The summed E-state index contributed by atoms with van der Waals surface area (Å²) in [5.74, 6) is 0.766. The van der Waals surface area contributed by atoms with Crippen molar-refractivity contribution >= 4 is 29.3 Å². The quantitative estimate of drug-likeness (QED) is 0.833. The smallest absolute Gasteiger partial charge is 0.264 e. The van der Waals surface area contributed by atoms with Crippen LogP contribution in [0.15, 0.2) is 29.4 Å². The zero-order chi connectivity index (χ0) is 16.7. The maximum absolute atomic E-state index is 13.0. The van der Waals surface area contributed by atoms with Gasteiger partial charge in [0.05, 0.1) is 6.04 Å². The van der Waals surface area contributed by atoms with Crippen LogP contribution in [-0.4, -0.2) is 43.9 Å². The molecule has 2 unspecified atom stereocenters. The molecule has 3 heterocycles. The molecule has 0 spiro atoms. The second-order valence-electron chi connectivity index (χ2n) is 6.19. The van der Waals surface area contributed by atoms with Crippen molar-refractivity contribution in [3.63, 3.8) is 0 Å². The third kappa shape index (κ3) is 2.76. The Balaban J connectivity index is 1.68. The number of aryl methyl sites for hydroxylation is 1. The van der Waals surface area contributed by atoms with Crippen LogP contribution < -0.4 is 0 Å². The van der Waals surface area contributed by atoms with Crippen LogP contribution in [0.4, 0.5) is 0 Å². The summed E-state index contributed by atoms with van der Waals surface area (Å²) in [5.41, 5.74) is 1.13. The lowest BCUT2D eigenvalue weighted by Gasteiger charge is -2.31. The summed E-state index contributed by atoms with van der Waals surface area (Å²) < 4.78 is 1.49. The minimum absolute atomic E-state index is 0.0362. The summed E-state index contributed by atoms with van der Waals surface area (Å²) in [4.78, 5) is 19.8. The summed E-state index contributed by atoms with van der Waals surface area (Å²) in [6, 6.07) is 7.90. The third-order valence-electron chi connectivity index (χ3n) is 4.65. The number of aromatic nitrogens is 3. The van der Waals surface area contributed by atoms with Gasteiger partial charge in [-0.05, 0) is 43.6 Å². The molecule has 0 aliphatic carbocycles. The average molecular weight is 363 g/mol. The van der Waals surface area contributed by atoms with Crippen LogP contribution in [0.25, 0.3) is 0 Å². The number of fused-ring (bicyclic) bond motifs is 1. The first-order valence-corrected chi connectivity index (χ1v) is 9.59. The van der Waals surface area contributed by atoms with Gasteiger partial charge in [-0.1, -0.05) is 42.4 Å². The SMILES string of the molecule is CCc1nc2n(n1)C(=O)C(C(c1ccc(Cl)cc1)N1CCCC1)S2. The van der Waals surface area contributed by atoms with Crippen LogP contribution in [-0.2, 0) is 6.42 Å². The monoisotopic (exact) mass is 362 g/mol. The fraction of sp³-hybridized carbons (Fsp3) is 0.471. The van der Waals surface area contributed by atoms with Crippen molar-refractivity contribution in [2.75, 3.05) is 13.1 Å². The van der Waals surface area contributed by atoms with E-state index in [1.165, 1.54) is 29.3 Å². The number of halogens is 1. The van der Waals surface area contributed by atoms with E-state index < -0.39 is 0 Å². The number of thioether (sulfide) groups is 1. The Hall–Kier alpha value is -1.37. The number of nitrogens with zero attached hydrogens (tertiary/aromatic N) is 4. The molecule has 2 aliphatic heterocycles. The standard InChI is InChI=1S/C17H19ClN4OS/c1-2-13-19-17-22(20-13)16(23)15(24-17)14(21-9-3-4-10-21)11-5-7-12(18)8-6-11/h5-8,14-15H,2-4,9-10H2,1H3. The van der Waals surface area contributed by atoms with E-state index in [2.05, 4.69) is 15.0 Å². The van der Waals surface area contributed by atoms with Crippen LogP contribution in [0.1, 0.15) is 42.0 Å². The van der Waals surface area contributed by atoms with Crippen molar-refractivity contribution in [1.29, 1.82) is 0 Å². The highest BCUT2D eigenvalue weighted by atomic mass is 35.5. The van der Waals surface area contributed by atoms with E-state index >= 15 is 0 Å². The molecular weight excluding hydrogens is 344 g/mol. The summed E-state index contributed by atoms with van der Waals surface area (Å²) in [6.45, 7) is 4.04. The number of likely N-dealkylation sites (tertiary alicyclic amines) is 1. The summed E-state index contributed by atoms with van der Waals surface area (Å²) in [5, 5.41) is 5.59. The van der Waals surface area contributed by atoms with E-state index in [4.69, 9.17) is 11.6 Å². The fourth-order valence-electron chi connectivity index (χ4n) is 3.45. The molecule has 1 aromatic carbocycles. The van der Waals surface area contributed by atoms with Gasteiger partial charge >= 0.3 is 0 Å². The van der Waals surface area contributed by atoms with Crippen LogP contribution in [0, 0.1) is 0 Å². The summed E-state index contributed by atoms with van der Waals surface area (Å²) in [7, 11) is 0. The molecule has 4 rings (SSSR count).